The lowest BCUT2D eigenvalue weighted by Gasteiger charge is -2.18. The molecule has 0 rings (SSSR count). The van der Waals surface area contributed by atoms with Gasteiger partial charge in [-0.05, 0) is 109 Å². The predicted molar refractivity (Wildman–Crippen MR) is 270 cm³/mol. The lowest BCUT2D eigenvalue weighted by Crippen LogP contribution is -2.30. The van der Waals surface area contributed by atoms with E-state index in [-0.39, 0.29) is 25.2 Å². The van der Waals surface area contributed by atoms with Gasteiger partial charge in [0.1, 0.15) is 6.61 Å². The summed E-state index contributed by atoms with van der Waals surface area (Å²) in [6.07, 6.45) is 67.6. The van der Waals surface area contributed by atoms with Gasteiger partial charge in [0.05, 0.1) is 6.61 Å². The fourth-order valence-electron chi connectivity index (χ4n) is 7.20. The normalized spacial score (nSPS) is 12.8. The van der Waals surface area contributed by atoms with Crippen LogP contribution in [0, 0.1) is 0 Å². The maximum atomic E-state index is 12.8. The Morgan fingerprint density at radius 2 is 0.710 bits per heavy atom. The Balaban J connectivity index is 4.29. The van der Waals surface area contributed by atoms with E-state index in [0.29, 0.717) is 19.4 Å². The number of allylic oxidation sites excluding steroid dienone is 12. The van der Waals surface area contributed by atoms with Crippen LogP contribution in [-0.2, 0) is 23.8 Å². The Morgan fingerprint density at radius 1 is 0.355 bits per heavy atom. The van der Waals surface area contributed by atoms with E-state index >= 15 is 0 Å². The molecule has 1 atom stereocenters. The zero-order valence-electron chi connectivity index (χ0n) is 41.1. The second-order valence-corrected chi connectivity index (χ2v) is 17.4. The zero-order chi connectivity index (χ0) is 44.9. The molecule has 0 heterocycles. The zero-order valence-corrected chi connectivity index (χ0v) is 41.1. The van der Waals surface area contributed by atoms with Crippen molar-refractivity contribution in [3.05, 3.63) is 72.9 Å². The average molecular weight is 865 g/mol. The van der Waals surface area contributed by atoms with Crippen LogP contribution in [-0.4, -0.2) is 37.9 Å². The van der Waals surface area contributed by atoms with Crippen molar-refractivity contribution < 1.29 is 23.8 Å². The van der Waals surface area contributed by atoms with Crippen molar-refractivity contribution in [3.8, 4) is 0 Å². The van der Waals surface area contributed by atoms with Crippen LogP contribution in [0.3, 0.4) is 0 Å². The molecule has 62 heavy (non-hydrogen) atoms. The summed E-state index contributed by atoms with van der Waals surface area (Å²) in [7, 11) is 0. The molecule has 0 fully saturated rings. The molecule has 0 amide bonds. The van der Waals surface area contributed by atoms with E-state index in [2.05, 4.69) is 93.7 Å². The third-order valence-electron chi connectivity index (χ3n) is 11.2. The second-order valence-electron chi connectivity index (χ2n) is 17.4. The molecular formula is C57H100O5. The fourth-order valence-corrected chi connectivity index (χ4v) is 7.20. The molecule has 5 heteroatoms. The third-order valence-corrected chi connectivity index (χ3v) is 11.2. The van der Waals surface area contributed by atoms with E-state index in [4.69, 9.17) is 14.2 Å². The van der Waals surface area contributed by atoms with Crippen LogP contribution in [0.4, 0.5) is 0 Å². The number of ether oxygens (including phenoxy) is 3. The molecule has 0 aliphatic carbocycles. The highest BCUT2D eigenvalue weighted by molar-refractivity contribution is 5.70. The fraction of sp³-hybridized carbons (Fsp3) is 0.754. The average Bonchev–Trinajstić information content (AvgIpc) is 3.27. The van der Waals surface area contributed by atoms with Crippen molar-refractivity contribution >= 4 is 11.9 Å². The highest BCUT2D eigenvalue weighted by atomic mass is 16.6. The van der Waals surface area contributed by atoms with Crippen molar-refractivity contribution in [2.24, 2.45) is 0 Å². The van der Waals surface area contributed by atoms with Gasteiger partial charge in [-0.15, -0.1) is 0 Å². The van der Waals surface area contributed by atoms with Crippen LogP contribution < -0.4 is 0 Å². The maximum Gasteiger partial charge on any atom is 0.306 e. The van der Waals surface area contributed by atoms with Crippen LogP contribution >= 0.6 is 0 Å². The van der Waals surface area contributed by atoms with Crippen molar-refractivity contribution in [1.29, 1.82) is 0 Å². The molecule has 0 aliphatic heterocycles. The van der Waals surface area contributed by atoms with E-state index in [0.717, 1.165) is 89.9 Å². The quantitative estimate of drug-likeness (QED) is 0.0346. The lowest BCUT2D eigenvalue weighted by molar-refractivity contribution is -0.163. The number of hydrogen-bond donors (Lipinski definition) is 0. The van der Waals surface area contributed by atoms with Gasteiger partial charge in [-0.2, -0.15) is 0 Å². The summed E-state index contributed by atoms with van der Waals surface area (Å²) in [4.78, 5) is 25.4. The van der Waals surface area contributed by atoms with Gasteiger partial charge in [0.2, 0.25) is 0 Å². The van der Waals surface area contributed by atoms with Gasteiger partial charge in [-0.1, -0.05) is 203 Å². The van der Waals surface area contributed by atoms with Crippen molar-refractivity contribution in [2.45, 2.75) is 258 Å². The Kier molecular flexibility index (Phi) is 50.4. The third kappa shape index (κ3) is 50.0. The lowest BCUT2D eigenvalue weighted by atomic mass is 10.1. The second kappa shape index (κ2) is 52.7. The molecule has 0 saturated carbocycles. The van der Waals surface area contributed by atoms with Gasteiger partial charge < -0.3 is 14.2 Å². The topological polar surface area (TPSA) is 61.8 Å². The monoisotopic (exact) mass is 865 g/mol. The van der Waals surface area contributed by atoms with Crippen molar-refractivity contribution in [2.75, 3.05) is 19.8 Å². The summed E-state index contributed by atoms with van der Waals surface area (Å²) in [5.74, 6) is -0.428. The number of carbonyl (C=O) groups excluding carboxylic acids is 2. The summed E-state index contributed by atoms with van der Waals surface area (Å²) >= 11 is 0. The van der Waals surface area contributed by atoms with E-state index in [1.54, 1.807) is 0 Å². The van der Waals surface area contributed by atoms with E-state index < -0.39 is 6.10 Å². The first kappa shape index (κ1) is 59.3. The molecular weight excluding hydrogens is 765 g/mol. The van der Waals surface area contributed by atoms with Gasteiger partial charge >= 0.3 is 11.9 Å². The standard InChI is InChI=1S/C57H100O5/c1-4-7-10-13-16-19-22-25-27-28-29-30-31-33-35-38-41-44-47-50-56(58)61-54-55(53-60-52-49-46-43-40-37-34-26-23-20-17-14-11-8-5-2)62-57(59)51-48-45-42-39-36-32-24-21-18-15-12-9-6-3/h12,15-16,19-21,23-25,27,29-30,55H,4-11,13-14,17-18,22,26,28,31-54H2,1-3H3/b15-12-,19-16-,23-20-,24-21-,27-25-,30-29-. The molecule has 0 aromatic carbocycles. The van der Waals surface area contributed by atoms with Gasteiger partial charge in [0.25, 0.3) is 0 Å². The molecule has 0 N–H and O–H groups in total. The molecule has 0 spiro atoms. The Hall–Kier alpha value is -2.66. The first-order chi connectivity index (χ1) is 30.6. The van der Waals surface area contributed by atoms with Gasteiger partial charge in [0, 0.05) is 19.4 Å². The van der Waals surface area contributed by atoms with Crippen LogP contribution in [0.2, 0.25) is 0 Å². The highest BCUT2D eigenvalue weighted by Gasteiger charge is 2.17. The minimum absolute atomic E-state index is 0.0686. The SMILES string of the molecule is CCC/C=C\C/C=C\CCCCCCCC(=O)OC(COCCCCCCCC/C=C\CCCCCC)COC(=O)CCCCCCCC/C=C\C/C=C\C/C=C\CCCCC. The minimum Gasteiger partial charge on any atom is -0.462 e. The molecule has 0 saturated heterocycles. The number of rotatable bonds is 48. The van der Waals surface area contributed by atoms with Gasteiger partial charge in [-0.25, -0.2) is 0 Å². The Bertz CT molecular complexity index is 1110. The molecule has 0 aliphatic rings. The highest BCUT2D eigenvalue weighted by Crippen LogP contribution is 2.13. The van der Waals surface area contributed by atoms with Crippen LogP contribution in [0.1, 0.15) is 252 Å². The molecule has 0 bridgehead atoms. The van der Waals surface area contributed by atoms with Crippen LogP contribution in [0.15, 0.2) is 72.9 Å². The number of unbranched alkanes of at least 4 members (excludes halogenated alkanes) is 25. The van der Waals surface area contributed by atoms with E-state index in [1.165, 1.54) is 128 Å². The Morgan fingerprint density at radius 3 is 1.19 bits per heavy atom. The first-order valence-electron chi connectivity index (χ1n) is 26.5. The summed E-state index contributed by atoms with van der Waals surface area (Å²) in [6.45, 7) is 7.70. The smallest absolute Gasteiger partial charge is 0.306 e. The summed E-state index contributed by atoms with van der Waals surface area (Å²) in [5, 5.41) is 0. The van der Waals surface area contributed by atoms with Crippen LogP contribution in [0.25, 0.3) is 0 Å². The maximum absolute atomic E-state index is 12.8. The molecule has 358 valence electrons. The van der Waals surface area contributed by atoms with Crippen LogP contribution in [0.5, 0.6) is 0 Å². The number of carbonyl (C=O) groups is 2. The minimum atomic E-state index is -0.554. The molecule has 0 aromatic rings. The summed E-state index contributed by atoms with van der Waals surface area (Å²) < 4.78 is 17.4. The molecule has 0 radical (unpaired) electrons. The van der Waals surface area contributed by atoms with E-state index in [1.807, 2.05) is 0 Å². The number of hydrogen-bond acceptors (Lipinski definition) is 5. The molecule has 1 unspecified atom stereocenters. The number of esters is 2. The first-order valence-corrected chi connectivity index (χ1v) is 26.5. The van der Waals surface area contributed by atoms with E-state index in [9.17, 15) is 9.59 Å². The Labute approximate surface area is 385 Å². The molecule has 5 nitrogen and oxygen atoms in total. The summed E-state index contributed by atoms with van der Waals surface area (Å²) in [6, 6.07) is 0. The van der Waals surface area contributed by atoms with Gasteiger partial charge in [-0.3, -0.25) is 9.59 Å². The summed E-state index contributed by atoms with van der Waals surface area (Å²) in [5.41, 5.74) is 0. The van der Waals surface area contributed by atoms with Crippen molar-refractivity contribution in [1.82, 2.24) is 0 Å². The van der Waals surface area contributed by atoms with Gasteiger partial charge in [0.15, 0.2) is 6.10 Å². The largest absolute Gasteiger partial charge is 0.462 e. The predicted octanol–water partition coefficient (Wildman–Crippen LogP) is 17.9. The molecule has 0 aromatic heterocycles. The van der Waals surface area contributed by atoms with Crippen molar-refractivity contribution in [3.63, 3.8) is 0 Å².